The van der Waals surface area contributed by atoms with Crippen LogP contribution in [0.4, 0.5) is 4.79 Å². The maximum atomic E-state index is 12.3. The first-order chi connectivity index (χ1) is 8.09. The van der Waals surface area contributed by atoms with E-state index in [-0.39, 0.29) is 18.5 Å². The molecule has 2 aliphatic rings. The summed E-state index contributed by atoms with van der Waals surface area (Å²) in [7, 11) is 0. The van der Waals surface area contributed by atoms with Gasteiger partial charge in [0.1, 0.15) is 5.54 Å². The highest BCUT2D eigenvalue weighted by molar-refractivity contribution is 6.25. The van der Waals surface area contributed by atoms with Gasteiger partial charge in [-0.25, -0.2) is 4.79 Å². The molecule has 3 amide bonds. The lowest BCUT2D eigenvalue weighted by atomic mass is 9.77. The molecule has 1 saturated heterocycles. The lowest BCUT2D eigenvalue weighted by Crippen LogP contribution is -2.49. The van der Waals surface area contributed by atoms with Crippen molar-refractivity contribution >= 4 is 23.5 Å². The van der Waals surface area contributed by atoms with Crippen molar-refractivity contribution in [1.82, 2.24) is 10.2 Å². The van der Waals surface area contributed by atoms with E-state index in [1.165, 1.54) is 10.4 Å². The monoisotopic (exact) mass is 256 g/mol. The van der Waals surface area contributed by atoms with Gasteiger partial charge in [-0.15, -0.1) is 0 Å². The minimum absolute atomic E-state index is 0.0934. The third kappa shape index (κ3) is 2.18. The Morgan fingerprint density at radius 2 is 2.12 bits per heavy atom. The topological polar surface area (TPSA) is 49.4 Å². The summed E-state index contributed by atoms with van der Waals surface area (Å²) in [4.78, 5) is 25.3. The van der Waals surface area contributed by atoms with E-state index >= 15 is 0 Å². The van der Waals surface area contributed by atoms with E-state index in [0.717, 1.165) is 25.7 Å². The Balaban J connectivity index is 2.12. The number of carbonyl (C=O) groups excluding carboxylic acids is 2. The fourth-order valence-electron chi connectivity index (χ4n) is 2.58. The van der Waals surface area contributed by atoms with E-state index in [1.54, 1.807) is 6.08 Å². The van der Waals surface area contributed by atoms with E-state index in [1.807, 2.05) is 0 Å². The van der Waals surface area contributed by atoms with Crippen molar-refractivity contribution in [3.05, 3.63) is 11.6 Å². The Labute approximate surface area is 106 Å². The molecule has 2 fully saturated rings. The fraction of sp³-hybridized carbons (Fsp3) is 0.667. The summed E-state index contributed by atoms with van der Waals surface area (Å²) in [5.41, 5.74) is 0.693. The van der Waals surface area contributed by atoms with Crippen molar-refractivity contribution < 1.29 is 9.59 Å². The summed E-state index contributed by atoms with van der Waals surface area (Å²) >= 11 is 5.42. The molecule has 1 aliphatic heterocycles. The van der Waals surface area contributed by atoms with Gasteiger partial charge in [-0.2, -0.15) is 0 Å². The average Bonchev–Trinajstić information content (AvgIpc) is 2.54. The van der Waals surface area contributed by atoms with E-state index in [0.29, 0.717) is 5.92 Å². The molecular formula is C12H17ClN2O2. The van der Waals surface area contributed by atoms with Crippen LogP contribution in [0.3, 0.4) is 0 Å². The lowest BCUT2D eigenvalue weighted by Gasteiger charge is -2.33. The number of amides is 3. The van der Waals surface area contributed by atoms with Crippen LogP contribution in [0.5, 0.6) is 0 Å². The van der Waals surface area contributed by atoms with Gasteiger partial charge < -0.3 is 5.32 Å². The Bertz CT molecular complexity index is 360. The fourth-order valence-corrected chi connectivity index (χ4v) is 2.66. The van der Waals surface area contributed by atoms with Gasteiger partial charge in [-0.05, 0) is 31.6 Å². The number of carbonyl (C=O) groups is 2. The predicted molar refractivity (Wildman–Crippen MR) is 65.6 cm³/mol. The first kappa shape index (κ1) is 12.4. The number of nitrogens with one attached hydrogen (secondary N) is 1. The SMILES string of the molecule is CC1CCC2(CC1)NC(=O)N(C/C=C/Cl)C2=O. The zero-order valence-corrected chi connectivity index (χ0v) is 10.7. The van der Waals surface area contributed by atoms with Crippen LogP contribution in [0.25, 0.3) is 0 Å². The van der Waals surface area contributed by atoms with Crippen molar-refractivity contribution in [1.29, 1.82) is 0 Å². The van der Waals surface area contributed by atoms with Crippen molar-refractivity contribution in [3.63, 3.8) is 0 Å². The number of hydrogen-bond acceptors (Lipinski definition) is 2. The number of nitrogens with zero attached hydrogens (tertiary/aromatic N) is 1. The number of urea groups is 1. The normalized spacial score (nSPS) is 33.8. The van der Waals surface area contributed by atoms with Crippen LogP contribution in [0.1, 0.15) is 32.6 Å². The van der Waals surface area contributed by atoms with Crippen LogP contribution in [0.2, 0.25) is 0 Å². The van der Waals surface area contributed by atoms with Gasteiger partial charge in [0.2, 0.25) is 0 Å². The second kappa shape index (κ2) is 4.69. The summed E-state index contributed by atoms with van der Waals surface area (Å²) in [5, 5.41) is 2.86. The molecule has 1 N–H and O–H groups in total. The molecule has 0 aromatic carbocycles. The van der Waals surface area contributed by atoms with E-state index in [9.17, 15) is 9.59 Å². The molecule has 0 aromatic rings. The van der Waals surface area contributed by atoms with Gasteiger partial charge in [0, 0.05) is 12.1 Å². The molecule has 0 atom stereocenters. The van der Waals surface area contributed by atoms with Crippen LogP contribution in [-0.4, -0.2) is 28.9 Å². The van der Waals surface area contributed by atoms with Gasteiger partial charge in [0.15, 0.2) is 0 Å². The molecule has 0 unspecified atom stereocenters. The zero-order chi connectivity index (χ0) is 12.5. The molecule has 1 aliphatic carbocycles. The predicted octanol–water partition coefficient (Wildman–Crippen LogP) is 2.24. The Morgan fingerprint density at radius 1 is 1.47 bits per heavy atom. The lowest BCUT2D eigenvalue weighted by molar-refractivity contribution is -0.132. The first-order valence-corrected chi connectivity index (χ1v) is 6.42. The minimum atomic E-state index is -0.635. The Hall–Kier alpha value is -1.03. The standard InChI is InChI=1S/C12H17ClN2O2/c1-9-3-5-12(6-4-9)10(16)15(8-2-7-13)11(17)14-12/h2,7,9H,3-6,8H2,1H3,(H,14,17)/b7-2+. The zero-order valence-electron chi connectivity index (χ0n) is 9.91. The number of hydrogen-bond donors (Lipinski definition) is 1. The van der Waals surface area contributed by atoms with Crippen molar-refractivity contribution in [2.75, 3.05) is 6.54 Å². The average molecular weight is 257 g/mol. The summed E-state index contributed by atoms with van der Waals surface area (Å²) in [6.07, 6.45) is 5.08. The van der Waals surface area contributed by atoms with Gasteiger partial charge in [-0.1, -0.05) is 24.6 Å². The second-order valence-electron chi connectivity index (χ2n) is 4.97. The molecule has 1 spiro atoms. The minimum Gasteiger partial charge on any atom is -0.323 e. The molecule has 1 heterocycles. The largest absolute Gasteiger partial charge is 0.325 e. The number of halogens is 1. The quantitative estimate of drug-likeness (QED) is 0.771. The molecule has 2 rings (SSSR count). The van der Waals surface area contributed by atoms with Gasteiger partial charge in [0.05, 0.1) is 0 Å². The summed E-state index contributed by atoms with van der Waals surface area (Å²) in [6.45, 7) is 2.44. The van der Waals surface area contributed by atoms with Gasteiger partial charge >= 0.3 is 6.03 Å². The second-order valence-corrected chi connectivity index (χ2v) is 5.22. The van der Waals surface area contributed by atoms with Crippen LogP contribution in [0, 0.1) is 5.92 Å². The highest BCUT2D eigenvalue weighted by atomic mass is 35.5. The van der Waals surface area contributed by atoms with Crippen molar-refractivity contribution in [3.8, 4) is 0 Å². The molecule has 94 valence electrons. The molecule has 0 bridgehead atoms. The third-order valence-corrected chi connectivity index (χ3v) is 3.93. The Morgan fingerprint density at radius 3 is 2.71 bits per heavy atom. The summed E-state index contributed by atoms with van der Waals surface area (Å²) in [5.74, 6) is 0.547. The molecule has 0 radical (unpaired) electrons. The number of rotatable bonds is 2. The smallest absolute Gasteiger partial charge is 0.323 e. The van der Waals surface area contributed by atoms with Gasteiger partial charge in [0.25, 0.3) is 5.91 Å². The summed E-state index contributed by atoms with van der Waals surface area (Å²) in [6, 6.07) is -0.292. The molecular weight excluding hydrogens is 240 g/mol. The maximum absolute atomic E-state index is 12.3. The van der Waals surface area contributed by atoms with Crippen LogP contribution in [-0.2, 0) is 4.79 Å². The van der Waals surface area contributed by atoms with Crippen molar-refractivity contribution in [2.24, 2.45) is 5.92 Å². The molecule has 0 aromatic heterocycles. The van der Waals surface area contributed by atoms with Crippen LogP contribution >= 0.6 is 11.6 Å². The first-order valence-electron chi connectivity index (χ1n) is 5.98. The molecule has 1 saturated carbocycles. The summed E-state index contributed by atoms with van der Waals surface area (Å²) < 4.78 is 0. The van der Waals surface area contributed by atoms with E-state index in [4.69, 9.17) is 11.6 Å². The highest BCUT2D eigenvalue weighted by Gasteiger charge is 2.51. The molecule has 5 heteroatoms. The number of imide groups is 1. The van der Waals surface area contributed by atoms with Crippen LogP contribution < -0.4 is 5.32 Å². The van der Waals surface area contributed by atoms with E-state index < -0.39 is 5.54 Å². The third-order valence-electron chi connectivity index (χ3n) is 3.75. The van der Waals surface area contributed by atoms with Crippen molar-refractivity contribution in [2.45, 2.75) is 38.1 Å². The van der Waals surface area contributed by atoms with Crippen LogP contribution in [0.15, 0.2) is 11.6 Å². The highest BCUT2D eigenvalue weighted by Crippen LogP contribution is 2.36. The van der Waals surface area contributed by atoms with Gasteiger partial charge in [-0.3, -0.25) is 9.69 Å². The maximum Gasteiger partial charge on any atom is 0.325 e. The van der Waals surface area contributed by atoms with E-state index in [2.05, 4.69) is 12.2 Å². The molecule has 4 nitrogen and oxygen atoms in total. The molecule has 17 heavy (non-hydrogen) atoms. The Kier molecular flexibility index (Phi) is 3.43.